The van der Waals surface area contributed by atoms with Crippen molar-refractivity contribution >= 4 is 26.7 Å². The molecular weight excluding hydrogens is 286 g/mol. The van der Waals surface area contributed by atoms with Gasteiger partial charge in [-0.05, 0) is 51.7 Å². The molecule has 0 saturated heterocycles. The van der Waals surface area contributed by atoms with Gasteiger partial charge in [-0.15, -0.1) is 0 Å². The maximum Gasteiger partial charge on any atom is 0.0511 e. The van der Waals surface area contributed by atoms with Crippen LogP contribution in [0.5, 0.6) is 0 Å². The predicted molar refractivity (Wildman–Crippen MR) is 82.4 cm³/mol. The highest BCUT2D eigenvalue weighted by Crippen LogP contribution is 2.33. The second-order valence-corrected chi connectivity index (χ2v) is 6.33. The van der Waals surface area contributed by atoms with Crippen LogP contribution in [-0.4, -0.2) is 4.98 Å². The molecular formula is C16H20BrN. The molecule has 0 atom stereocenters. The number of rotatable bonds is 2. The average molecular weight is 306 g/mol. The number of pyridine rings is 1. The van der Waals surface area contributed by atoms with Gasteiger partial charge in [-0.25, -0.2) is 0 Å². The second kappa shape index (κ2) is 5.00. The lowest BCUT2D eigenvalue weighted by molar-refractivity contribution is 0.774. The van der Waals surface area contributed by atoms with Crippen LogP contribution < -0.4 is 0 Å². The minimum absolute atomic E-state index is 0.445. The largest absolute Gasteiger partial charge is 0.257 e. The zero-order valence-electron chi connectivity index (χ0n) is 11.7. The van der Waals surface area contributed by atoms with Crippen LogP contribution in [0.2, 0.25) is 0 Å². The summed E-state index contributed by atoms with van der Waals surface area (Å²) in [6, 6.07) is 6.58. The molecule has 0 N–H and O–H groups in total. The Hall–Kier alpha value is -0.890. The summed E-state index contributed by atoms with van der Waals surface area (Å²) < 4.78 is 1.20. The minimum Gasteiger partial charge on any atom is -0.257 e. The molecule has 0 spiro atoms. The van der Waals surface area contributed by atoms with Gasteiger partial charge in [-0.1, -0.05) is 39.8 Å². The molecule has 2 rings (SSSR count). The van der Waals surface area contributed by atoms with Crippen molar-refractivity contribution < 1.29 is 0 Å². The highest BCUT2D eigenvalue weighted by atomic mass is 79.9. The van der Waals surface area contributed by atoms with Crippen molar-refractivity contribution in [3.8, 4) is 0 Å². The predicted octanol–water partition coefficient (Wildman–Crippen LogP) is 5.55. The van der Waals surface area contributed by atoms with Crippen molar-refractivity contribution in [2.45, 2.75) is 46.5 Å². The van der Waals surface area contributed by atoms with Crippen LogP contribution >= 0.6 is 15.9 Å². The van der Waals surface area contributed by atoms with Crippen LogP contribution in [0, 0.1) is 6.92 Å². The molecule has 2 aromatic rings. The summed E-state index contributed by atoms with van der Waals surface area (Å²) in [5.41, 5.74) is 3.66. The number of aryl methyl sites for hydroxylation is 1. The molecule has 0 saturated carbocycles. The zero-order chi connectivity index (χ0) is 13.4. The van der Waals surface area contributed by atoms with E-state index in [0.717, 1.165) is 0 Å². The highest BCUT2D eigenvalue weighted by molar-refractivity contribution is 9.10. The first-order chi connectivity index (χ1) is 8.41. The van der Waals surface area contributed by atoms with Crippen molar-refractivity contribution in [2.24, 2.45) is 0 Å². The first-order valence-corrected chi connectivity index (χ1v) is 7.30. The van der Waals surface area contributed by atoms with Crippen LogP contribution in [0.25, 0.3) is 10.8 Å². The second-order valence-electron chi connectivity index (χ2n) is 5.53. The number of hydrogen-bond donors (Lipinski definition) is 0. The van der Waals surface area contributed by atoms with Gasteiger partial charge in [0.05, 0.1) is 5.69 Å². The minimum atomic E-state index is 0.445. The maximum absolute atomic E-state index is 4.85. The smallest absolute Gasteiger partial charge is 0.0511 e. The van der Waals surface area contributed by atoms with E-state index >= 15 is 0 Å². The van der Waals surface area contributed by atoms with Gasteiger partial charge in [-0.3, -0.25) is 4.98 Å². The maximum atomic E-state index is 4.85. The summed E-state index contributed by atoms with van der Waals surface area (Å²) >= 11 is 3.72. The van der Waals surface area contributed by atoms with Crippen molar-refractivity contribution in [3.05, 3.63) is 39.6 Å². The van der Waals surface area contributed by atoms with E-state index in [4.69, 9.17) is 4.98 Å². The molecule has 1 heterocycles. The fraction of sp³-hybridized carbons (Fsp3) is 0.438. The molecule has 0 aliphatic heterocycles. The van der Waals surface area contributed by atoms with E-state index in [0.29, 0.717) is 11.8 Å². The lowest BCUT2D eigenvalue weighted by atomic mass is 9.97. The number of hydrogen-bond acceptors (Lipinski definition) is 1. The van der Waals surface area contributed by atoms with Crippen LogP contribution in [0.4, 0.5) is 0 Å². The highest BCUT2D eigenvalue weighted by Gasteiger charge is 2.13. The van der Waals surface area contributed by atoms with Crippen LogP contribution in [0.1, 0.15) is 56.5 Å². The third-order valence-electron chi connectivity index (χ3n) is 3.33. The fourth-order valence-electron chi connectivity index (χ4n) is 2.18. The standard InChI is InChI=1S/C16H20BrN/c1-9(2)14-8-13-12(16(18-14)10(3)4)7-6-11(5)15(13)17/h6-10H,1-5H3. The molecule has 0 aliphatic rings. The van der Waals surface area contributed by atoms with E-state index in [1.165, 1.54) is 32.2 Å². The number of halogens is 1. The van der Waals surface area contributed by atoms with Gasteiger partial charge in [0.15, 0.2) is 0 Å². The average Bonchev–Trinajstić information content (AvgIpc) is 2.32. The fourth-order valence-corrected chi connectivity index (χ4v) is 2.64. The SMILES string of the molecule is Cc1ccc2c(C(C)C)nc(C(C)C)cc2c1Br. The van der Waals surface area contributed by atoms with Crippen molar-refractivity contribution in [1.29, 1.82) is 0 Å². The van der Waals surface area contributed by atoms with Gasteiger partial charge >= 0.3 is 0 Å². The van der Waals surface area contributed by atoms with E-state index in [9.17, 15) is 0 Å². The summed E-state index contributed by atoms with van der Waals surface area (Å²) in [5, 5.41) is 2.56. The third kappa shape index (κ3) is 2.31. The number of fused-ring (bicyclic) bond motifs is 1. The Labute approximate surface area is 118 Å². The first-order valence-electron chi connectivity index (χ1n) is 6.51. The molecule has 0 aliphatic carbocycles. The lowest BCUT2D eigenvalue weighted by Gasteiger charge is -2.15. The Kier molecular flexibility index (Phi) is 3.76. The molecule has 0 amide bonds. The van der Waals surface area contributed by atoms with E-state index in [-0.39, 0.29) is 0 Å². The third-order valence-corrected chi connectivity index (χ3v) is 4.38. The molecule has 0 bridgehead atoms. The normalized spacial score (nSPS) is 11.8. The lowest BCUT2D eigenvalue weighted by Crippen LogP contribution is -2.01. The van der Waals surface area contributed by atoms with Gasteiger partial charge < -0.3 is 0 Å². The molecule has 1 aromatic heterocycles. The Morgan fingerprint density at radius 3 is 2.22 bits per heavy atom. The molecule has 0 fully saturated rings. The Morgan fingerprint density at radius 1 is 1.00 bits per heavy atom. The zero-order valence-corrected chi connectivity index (χ0v) is 13.3. The summed E-state index contributed by atoms with van der Waals surface area (Å²) in [4.78, 5) is 4.85. The topological polar surface area (TPSA) is 12.9 Å². The summed E-state index contributed by atoms with van der Waals surface area (Å²) in [6.07, 6.45) is 0. The molecule has 96 valence electrons. The van der Waals surface area contributed by atoms with E-state index in [1.807, 2.05) is 0 Å². The Bertz CT molecular complexity index is 585. The van der Waals surface area contributed by atoms with Crippen molar-refractivity contribution in [3.63, 3.8) is 0 Å². The number of aromatic nitrogens is 1. The van der Waals surface area contributed by atoms with Crippen LogP contribution in [-0.2, 0) is 0 Å². The summed E-state index contributed by atoms with van der Waals surface area (Å²) in [6.45, 7) is 10.9. The van der Waals surface area contributed by atoms with Gasteiger partial charge in [0.1, 0.15) is 0 Å². The summed E-state index contributed by atoms with van der Waals surface area (Å²) in [7, 11) is 0. The Morgan fingerprint density at radius 2 is 1.67 bits per heavy atom. The van der Waals surface area contributed by atoms with E-state index in [2.05, 4.69) is 68.7 Å². The molecule has 0 radical (unpaired) electrons. The Balaban J connectivity index is 2.85. The number of benzene rings is 1. The van der Waals surface area contributed by atoms with Gasteiger partial charge in [0, 0.05) is 15.6 Å². The van der Waals surface area contributed by atoms with Gasteiger partial charge in [-0.2, -0.15) is 0 Å². The van der Waals surface area contributed by atoms with Crippen LogP contribution in [0.3, 0.4) is 0 Å². The summed E-state index contributed by atoms with van der Waals surface area (Å²) in [5.74, 6) is 0.903. The quantitative estimate of drug-likeness (QED) is 0.708. The first kappa shape index (κ1) is 13.5. The van der Waals surface area contributed by atoms with Crippen LogP contribution in [0.15, 0.2) is 22.7 Å². The van der Waals surface area contributed by atoms with Gasteiger partial charge in [0.25, 0.3) is 0 Å². The number of nitrogens with zero attached hydrogens (tertiary/aromatic N) is 1. The van der Waals surface area contributed by atoms with Crippen molar-refractivity contribution in [1.82, 2.24) is 4.98 Å². The molecule has 18 heavy (non-hydrogen) atoms. The molecule has 2 heteroatoms. The monoisotopic (exact) mass is 305 g/mol. The molecule has 1 aromatic carbocycles. The van der Waals surface area contributed by atoms with E-state index < -0.39 is 0 Å². The van der Waals surface area contributed by atoms with Gasteiger partial charge in [0.2, 0.25) is 0 Å². The molecule has 1 nitrogen and oxygen atoms in total. The van der Waals surface area contributed by atoms with E-state index in [1.54, 1.807) is 0 Å². The molecule has 0 unspecified atom stereocenters. The van der Waals surface area contributed by atoms with Crippen molar-refractivity contribution in [2.75, 3.05) is 0 Å².